The Bertz CT molecular complexity index is 1120. The molecule has 0 bridgehead atoms. The Hall–Kier alpha value is -3.61. The topological polar surface area (TPSA) is 94.8 Å². The highest BCUT2D eigenvalue weighted by molar-refractivity contribution is 5.96. The Morgan fingerprint density at radius 1 is 1.07 bits per heavy atom. The molecule has 0 atom stereocenters. The summed E-state index contributed by atoms with van der Waals surface area (Å²) >= 11 is 0. The lowest BCUT2D eigenvalue weighted by Gasteiger charge is -2.10. The third kappa shape index (κ3) is 5.47. The van der Waals surface area contributed by atoms with Crippen molar-refractivity contribution < 1.29 is 23.5 Å². The van der Waals surface area contributed by atoms with Crippen molar-refractivity contribution in [3.05, 3.63) is 75.6 Å². The number of carbonyl (C=O) groups excluding carboxylic acids is 2. The van der Waals surface area contributed by atoms with Crippen LogP contribution in [-0.2, 0) is 9.53 Å². The van der Waals surface area contributed by atoms with Gasteiger partial charge in [-0.15, -0.1) is 0 Å². The fourth-order valence-corrected chi connectivity index (χ4v) is 2.92. The number of benzene rings is 2. The highest BCUT2D eigenvalue weighted by Gasteiger charge is 2.13. The first-order valence-electron chi connectivity index (χ1n) is 9.61. The van der Waals surface area contributed by atoms with Crippen LogP contribution in [0.15, 0.2) is 57.7 Å². The summed E-state index contributed by atoms with van der Waals surface area (Å²) in [6.45, 7) is 4.08. The largest absolute Gasteiger partial charge is 0.482 e. The lowest BCUT2D eigenvalue weighted by molar-refractivity contribution is -0.146. The number of aryl methyl sites for hydroxylation is 2. The molecular formula is C23H23NO6. The van der Waals surface area contributed by atoms with Crippen molar-refractivity contribution in [1.29, 1.82) is 0 Å². The molecule has 1 amide bonds. The molecule has 1 heterocycles. The second kappa shape index (κ2) is 9.73. The molecule has 7 nitrogen and oxygen atoms in total. The molecule has 0 spiro atoms. The summed E-state index contributed by atoms with van der Waals surface area (Å²) < 4.78 is 15.7. The monoisotopic (exact) mass is 409 g/mol. The number of hydrogen-bond donors (Lipinski definition) is 1. The van der Waals surface area contributed by atoms with Gasteiger partial charge in [0.05, 0.1) is 6.61 Å². The van der Waals surface area contributed by atoms with Crippen LogP contribution < -0.4 is 15.7 Å². The zero-order valence-electron chi connectivity index (χ0n) is 16.9. The van der Waals surface area contributed by atoms with E-state index in [1.54, 1.807) is 24.3 Å². The molecule has 7 heteroatoms. The molecular weight excluding hydrogens is 386 g/mol. The minimum absolute atomic E-state index is 0.0624. The minimum Gasteiger partial charge on any atom is -0.482 e. The molecule has 3 rings (SSSR count). The average Bonchev–Trinajstić information content (AvgIpc) is 2.72. The van der Waals surface area contributed by atoms with Crippen LogP contribution in [0.2, 0.25) is 0 Å². The number of carbonyl (C=O) groups is 2. The van der Waals surface area contributed by atoms with Crippen LogP contribution in [0.5, 0.6) is 5.75 Å². The van der Waals surface area contributed by atoms with Gasteiger partial charge < -0.3 is 19.2 Å². The maximum atomic E-state index is 12.2. The summed E-state index contributed by atoms with van der Waals surface area (Å²) in [5.74, 6) is -0.380. The molecule has 30 heavy (non-hydrogen) atoms. The highest BCUT2D eigenvalue weighted by atomic mass is 16.6. The number of para-hydroxylation sites is 1. The Labute approximate surface area is 173 Å². The lowest BCUT2D eigenvalue weighted by Crippen LogP contribution is -2.29. The Morgan fingerprint density at radius 2 is 1.87 bits per heavy atom. The first-order chi connectivity index (χ1) is 14.4. The quantitative estimate of drug-likeness (QED) is 0.349. The van der Waals surface area contributed by atoms with E-state index in [1.165, 1.54) is 6.07 Å². The maximum Gasteiger partial charge on any atom is 0.349 e. The molecule has 1 aromatic heterocycles. The minimum atomic E-state index is -0.693. The average molecular weight is 409 g/mol. The third-order valence-electron chi connectivity index (χ3n) is 4.43. The van der Waals surface area contributed by atoms with E-state index in [0.29, 0.717) is 23.1 Å². The number of ether oxygens (including phenoxy) is 2. The van der Waals surface area contributed by atoms with Gasteiger partial charge in [-0.05, 0) is 44.0 Å². The summed E-state index contributed by atoms with van der Waals surface area (Å²) in [7, 11) is 0. The van der Waals surface area contributed by atoms with Crippen molar-refractivity contribution in [3.8, 4) is 5.75 Å². The van der Waals surface area contributed by atoms with Gasteiger partial charge in [-0.1, -0.05) is 35.9 Å². The number of rotatable bonds is 8. The number of fused-ring (bicyclic) bond motifs is 1. The Balaban J connectivity index is 1.39. The normalized spacial score (nSPS) is 10.6. The SMILES string of the molecule is Cc1ccc(OCC(=O)OCCCNC(=O)c2cc3ccccc3oc2=O)c(C)c1. The molecule has 3 aromatic rings. The molecule has 0 unspecified atom stereocenters. The van der Waals surface area contributed by atoms with E-state index in [4.69, 9.17) is 13.9 Å². The van der Waals surface area contributed by atoms with Crippen LogP contribution in [0.25, 0.3) is 11.0 Å². The smallest absolute Gasteiger partial charge is 0.349 e. The zero-order valence-corrected chi connectivity index (χ0v) is 16.9. The number of hydrogen-bond acceptors (Lipinski definition) is 6. The highest BCUT2D eigenvalue weighted by Crippen LogP contribution is 2.18. The molecule has 0 saturated carbocycles. The summed E-state index contributed by atoms with van der Waals surface area (Å²) in [5.41, 5.74) is 1.73. The summed E-state index contributed by atoms with van der Waals surface area (Å²) in [6, 6.07) is 14.2. The van der Waals surface area contributed by atoms with Crippen LogP contribution in [0.3, 0.4) is 0 Å². The van der Waals surface area contributed by atoms with E-state index < -0.39 is 17.5 Å². The zero-order chi connectivity index (χ0) is 21.5. The first-order valence-corrected chi connectivity index (χ1v) is 9.61. The molecule has 0 saturated heterocycles. The van der Waals surface area contributed by atoms with Crippen LogP contribution in [-0.4, -0.2) is 31.6 Å². The van der Waals surface area contributed by atoms with Gasteiger partial charge in [-0.2, -0.15) is 0 Å². The van der Waals surface area contributed by atoms with Gasteiger partial charge in [0.2, 0.25) is 0 Å². The molecule has 156 valence electrons. The van der Waals surface area contributed by atoms with Crippen LogP contribution in [0.4, 0.5) is 0 Å². The molecule has 0 radical (unpaired) electrons. The van der Waals surface area contributed by atoms with E-state index in [2.05, 4.69) is 5.32 Å². The van der Waals surface area contributed by atoms with Gasteiger partial charge in [-0.3, -0.25) is 4.79 Å². The fraction of sp³-hybridized carbons (Fsp3) is 0.261. The van der Waals surface area contributed by atoms with E-state index in [-0.39, 0.29) is 25.3 Å². The standard InChI is InChI=1S/C23H23NO6/c1-15-8-9-19(16(2)12-15)29-14-21(25)28-11-5-10-24-22(26)18-13-17-6-3-4-7-20(17)30-23(18)27/h3-4,6-9,12-13H,5,10-11,14H2,1-2H3,(H,24,26). The Morgan fingerprint density at radius 3 is 2.67 bits per heavy atom. The van der Waals surface area contributed by atoms with Crippen LogP contribution in [0.1, 0.15) is 27.9 Å². The molecule has 0 aliphatic heterocycles. The summed E-state index contributed by atoms with van der Waals surface area (Å²) in [4.78, 5) is 36.0. The number of amides is 1. The second-order valence-corrected chi connectivity index (χ2v) is 6.87. The molecule has 1 N–H and O–H groups in total. The van der Waals surface area contributed by atoms with Gasteiger partial charge in [0.15, 0.2) is 6.61 Å². The fourth-order valence-electron chi connectivity index (χ4n) is 2.92. The lowest BCUT2D eigenvalue weighted by atomic mass is 10.1. The van der Waals surface area contributed by atoms with Crippen molar-refractivity contribution in [2.75, 3.05) is 19.8 Å². The van der Waals surface area contributed by atoms with Crippen molar-refractivity contribution in [2.45, 2.75) is 20.3 Å². The predicted molar refractivity (Wildman–Crippen MR) is 112 cm³/mol. The molecule has 0 aliphatic carbocycles. The van der Waals surface area contributed by atoms with Gasteiger partial charge in [0.1, 0.15) is 16.9 Å². The number of nitrogens with one attached hydrogen (secondary N) is 1. The Kier molecular flexibility index (Phi) is 6.85. The van der Waals surface area contributed by atoms with E-state index in [1.807, 2.05) is 32.0 Å². The maximum absolute atomic E-state index is 12.2. The molecule has 2 aromatic carbocycles. The van der Waals surface area contributed by atoms with E-state index >= 15 is 0 Å². The van der Waals surface area contributed by atoms with E-state index in [9.17, 15) is 14.4 Å². The third-order valence-corrected chi connectivity index (χ3v) is 4.43. The van der Waals surface area contributed by atoms with Gasteiger partial charge in [-0.25, -0.2) is 9.59 Å². The summed E-state index contributed by atoms with van der Waals surface area (Å²) in [6.07, 6.45) is 0.403. The summed E-state index contributed by atoms with van der Waals surface area (Å²) in [5, 5.41) is 3.29. The molecule has 0 fully saturated rings. The number of esters is 1. The predicted octanol–water partition coefficient (Wildman–Crippen LogP) is 3.15. The van der Waals surface area contributed by atoms with Crippen molar-refractivity contribution in [1.82, 2.24) is 5.32 Å². The van der Waals surface area contributed by atoms with Gasteiger partial charge >= 0.3 is 11.6 Å². The van der Waals surface area contributed by atoms with Crippen LogP contribution in [0, 0.1) is 13.8 Å². The van der Waals surface area contributed by atoms with Crippen LogP contribution >= 0.6 is 0 Å². The van der Waals surface area contributed by atoms with E-state index in [0.717, 1.165) is 11.1 Å². The second-order valence-electron chi connectivity index (χ2n) is 6.87. The first kappa shape index (κ1) is 21.1. The molecule has 0 aliphatic rings. The van der Waals surface area contributed by atoms with Crippen molar-refractivity contribution in [2.24, 2.45) is 0 Å². The van der Waals surface area contributed by atoms with Crippen molar-refractivity contribution >= 4 is 22.8 Å². The van der Waals surface area contributed by atoms with Gasteiger partial charge in [0.25, 0.3) is 5.91 Å². The van der Waals surface area contributed by atoms with Crippen molar-refractivity contribution in [3.63, 3.8) is 0 Å². The van der Waals surface area contributed by atoms with Gasteiger partial charge in [0, 0.05) is 11.9 Å².